The normalized spacial score (nSPS) is 14.3. The van der Waals surface area contributed by atoms with Crippen molar-refractivity contribution in [3.05, 3.63) is 117 Å². The van der Waals surface area contributed by atoms with Gasteiger partial charge in [-0.2, -0.15) is 0 Å². The highest BCUT2D eigenvalue weighted by Crippen LogP contribution is 2.44. The van der Waals surface area contributed by atoms with Gasteiger partial charge in [-0.1, -0.05) is 80.4 Å². The number of hydrogen-bond donors (Lipinski definition) is 3. The molecule has 2 heterocycles. The van der Waals surface area contributed by atoms with Crippen LogP contribution >= 0.6 is 11.6 Å². The van der Waals surface area contributed by atoms with Crippen LogP contribution < -0.4 is 11.1 Å². The standard InChI is InChI=1S/C25H26ClN5O.C8H9F.CH4O.2CH2O/c1-5-6-15-7-9-16(10-8-15)25(3)19-21(27)29-23(30-22(19)31-24(25)32)20(28-4)18-12-11-17(26)13-14(18)2;1-2-7-5-3-4-6-8(7)9;3*1-2/h7-13H,5-6H2,1-4H3,(H3,27,29,30,31,32);3-6H,2H2,1H3;2H,1H3;2*1H2. The molecule has 0 saturated carbocycles. The van der Waals surface area contributed by atoms with Gasteiger partial charge in [0.2, 0.25) is 5.91 Å². The number of aliphatic hydroxyl groups excluding tert-OH is 1. The first-order chi connectivity index (χ1) is 22.6. The molecule has 0 radical (unpaired) electrons. The number of rotatable bonds is 6. The molecule has 5 rings (SSSR count). The second-order valence-corrected chi connectivity index (χ2v) is 10.6. The number of halogens is 2. The van der Waals surface area contributed by atoms with Gasteiger partial charge in [-0.05, 0) is 67.1 Å². The summed E-state index contributed by atoms with van der Waals surface area (Å²) in [5.74, 6) is 0.769. The smallest absolute Gasteiger partial charge is 0.240 e. The summed E-state index contributed by atoms with van der Waals surface area (Å²) in [5, 5.41) is 10.6. The lowest BCUT2D eigenvalue weighted by Crippen LogP contribution is -2.33. The maximum atomic E-state index is 13.1. The van der Waals surface area contributed by atoms with Crippen LogP contribution in [0.25, 0.3) is 0 Å². The Bertz CT molecular complexity index is 1650. The molecule has 4 aromatic rings. The summed E-state index contributed by atoms with van der Waals surface area (Å²) in [6.07, 6.45) is 2.84. The molecule has 9 nitrogen and oxygen atoms in total. The lowest BCUT2D eigenvalue weighted by Gasteiger charge is -2.24. The predicted molar refractivity (Wildman–Crippen MR) is 188 cm³/mol. The second-order valence-electron chi connectivity index (χ2n) is 10.2. The second kappa shape index (κ2) is 19.7. The summed E-state index contributed by atoms with van der Waals surface area (Å²) in [6.45, 7) is 11.9. The van der Waals surface area contributed by atoms with E-state index in [9.17, 15) is 9.18 Å². The van der Waals surface area contributed by atoms with Gasteiger partial charge >= 0.3 is 0 Å². The molecule has 250 valence electrons. The summed E-state index contributed by atoms with van der Waals surface area (Å²) in [7, 11) is 2.68. The Hall–Kier alpha value is -4.80. The lowest BCUT2D eigenvalue weighted by molar-refractivity contribution is -0.119. The Morgan fingerprint density at radius 2 is 1.64 bits per heavy atom. The van der Waals surface area contributed by atoms with Crippen LogP contribution in [0.2, 0.25) is 5.02 Å². The molecule has 1 amide bonds. The fraction of sp³-hybridized carbons (Fsp3) is 0.278. The minimum absolute atomic E-state index is 0.0972. The van der Waals surface area contributed by atoms with Gasteiger partial charge in [0, 0.05) is 24.7 Å². The fourth-order valence-electron chi connectivity index (χ4n) is 5.10. The van der Waals surface area contributed by atoms with Crippen LogP contribution in [0, 0.1) is 12.7 Å². The number of carbonyl (C=O) groups excluding carboxylic acids is 3. The summed E-state index contributed by atoms with van der Waals surface area (Å²) < 4.78 is 12.6. The minimum atomic E-state index is -0.970. The van der Waals surface area contributed by atoms with E-state index in [1.54, 1.807) is 25.2 Å². The highest BCUT2D eigenvalue weighted by molar-refractivity contribution is 6.30. The first-order valence-electron chi connectivity index (χ1n) is 14.7. The van der Waals surface area contributed by atoms with E-state index in [0.29, 0.717) is 27.9 Å². The van der Waals surface area contributed by atoms with E-state index in [1.807, 2.05) is 64.7 Å². The van der Waals surface area contributed by atoms with Crippen molar-refractivity contribution in [1.82, 2.24) is 9.97 Å². The average Bonchev–Trinajstić information content (AvgIpc) is 3.36. The van der Waals surface area contributed by atoms with Gasteiger partial charge in [-0.3, -0.25) is 9.79 Å². The third-order valence-electron chi connectivity index (χ3n) is 7.41. The van der Waals surface area contributed by atoms with Crippen molar-refractivity contribution >= 4 is 48.4 Å². The molecule has 1 aliphatic rings. The van der Waals surface area contributed by atoms with Crippen molar-refractivity contribution in [2.45, 2.75) is 52.4 Å². The maximum absolute atomic E-state index is 13.1. The molecular formula is C36H43ClFN5O4. The molecule has 1 aliphatic heterocycles. The number of hydrogen-bond acceptors (Lipinski definition) is 8. The zero-order chi connectivity index (χ0) is 35.7. The van der Waals surface area contributed by atoms with E-state index < -0.39 is 5.41 Å². The molecule has 4 N–H and O–H groups in total. The van der Waals surface area contributed by atoms with E-state index in [4.69, 9.17) is 32.0 Å². The number of nitrogen functional groups attached to an aromatic ring is 1. The van der Waals surface area contributed by atoms with Gasteiger partial charge in [0.15, 0.2) is 5.82 Å². The van der Waals surface area contributed by atoms with E-state index in [-0.39, 0.29) is 17.5 Å². The van der Waals surface area contributed by atoms with Crippen LogP contribution in [0.3, 0.4) is 0 Å². The number of aryl methyl sites for hydroxylation is 3. The van der Waals surface area contributed by atoms with Crippen LogP contribution in [-0.2, 0) is 32.6 Å². The average molecular weight is 664 g/mol. The number of nitrogens with two attached hydrogens (primary N) is 1. The highest BCUT2D eigenvalue weighted by atomic mass is 35.5. The van der Waals surface area contributed by atoms with Gasteiger partial charge in [-0.15, -0.1) is 0 Å². The maximum Gasteiger partial charge on any atom is 0.240 e. The zero-order valence-electron chi connectivity index (χ0n) is 27.7. The number of carbonyl (C=O) groups is 3. The Morgan fingerprint density at radius 3 is 2.15 bits per heavy atom. The summed E-state index contributed by atoms with van der Waals surface area (Å²) >= 11 is 6.11. The van der Waals surface area contributed by atoms with Crippen LogP contribution in [-0.4, -0.2) is 54.4 Å². The summed E-state index contributed by atoms with van der Waals surface area (Å²) in [4.78, 5) is 42.8. The van der Waals surface area contributed by atoms with Crippen molar-refractivity contribution in [1.29, 1.82) is 0 Å². The Morgan fingerprint density at radius 1 is 1.02 bits per heavy atom. The minimum Gasteiger partial charge on any atom is -0.400 e. The molecule has 3 aromatic carbocycles. The number of aliphatic hydroxyl groups is 1. The molecule has 0 bridgehead atoms. The summed E-state index contributed by atoms with van der Waals surface area (Å²) in [5.41, 5.74) is 11.3. The van der Waals surface area contributed by atoms with Gasteiger partial charge < -0.3 is 25.7 Å². The number of amides is 1. The van der Waals surface area contributed by atoms with E-state index >= 15 is 0 Å². The number of nitrogens with zero attached hydrogens (tertiary/aromatic N) is 3. The number of benzene rings is 3. The monoisotopic (exact) mass is 663 g/mol. The molecule has 1 atom stereocenters. The van der Waals surface area contributed by atoms with Gasteiger partial charge in [0.25, 0.3) is 0 Å². The van der Waals surface area contributed by atoms with Crippen LogP contribution in [0.15, 0.2) is 71.7 Å². The van der Waals surface area contributed by atoms with E-state index in [0.717, 1.165) is 48.6 Å². The quantitative estimate of drug-likeness (QED) is 0.204. The SMILES string of the molecule is C=O.C=O.CCCc1ccc(C2(C)C(=O)Nc3nc(C(=NC)c4ccc(Cl)cc4C)nc(N)c32)cc1.CCc1ccccc1F.CO. The van der Waals surface area contributed by atoms with Crippen LogP contribution in [0.4, 0.5) is 16.0 Å². The van der Waals surface area contributed by atoms with E-state index in [2.05, 4.69) is 39.3 Å². The molecule has 0 fully saturated rings. The number of fused-ring (bicyclic) bond motifs is 1. The zero-order valence-corrected chi connectivity index (χ0v) is 28.5. The molecule has 1 unspecified atom stereocenters. The first-order valence-corrected chi connectivity index (χ1v) is 15.1. The first kappa shape index (κ1) is 40.2. The highest BCUT2D eigenvalue weighted by Gasteiger charge is 2.47. The van der Waals surface area contributed by atoms with Crippen LogP contribution in [0.5, 0.6) is 0 Å². The van der Waals surface area contributed by atoms with Crippen molar-refractivity contribution in [3.8, 4) is 0 Å². The number of nitrogens with one attached hydrogen (secondary N) is 1. The Balaban J connectivity index is 0.000000620. The van der Waals surface area contributed by atoms with Crippen molar-refractivity contribution in [2.75, 3.05) is 25.2 Å². The van der Waals surface area contributed by atoms with Gasteiger partial charge in [-0.25, -0.2) is 14.4 Å². The summed E-state index contributed by atoms with van der Waals surface area (Å²) in [6, 6.07) is 20.5. The molecule has 0 spiro atoms. The third kappa shape index (κ3) is 9.37. The Labute approximate surface area is 281 Å². The molecule has 0 saturated heterocycles. The van der Waals surface area contributed by atoms with Crippen molar-refractivity contribution in [3.63, 3.8) is 0 Å². The molecule has 1 aromatic heterocycles. The van der Waals surface area contributed by atoms with Crippen molar-refractivity contribution in [2.24, 2.45) is 4.99 Å². The third-order valence-corrected chi connectivity index (χ3v) is 7.65. The largest absolute Gasteiger partial charge is 0.400 e. The Kier molecular flexibility index (Phi) is 16.8. The molecule has 47 heavy (non-hydrogen) atoms. The number of anilines is 2. The lowest BCUT2D eigenvalue weighted by atomic mass is 9.77. The molecular weight excluding hydrogens is 621 g/mol. The molecule has 11 heteroatoms. The number of aliphatic imine (C=N–C) groups is 1. The fourth-order valence-corrected chi connectivity index (χ4v) is 5.33. The molecule has 0 aliphatic carbocycles. The van der Waals surface area contributed by atoms with Crippen molar-refractivity contribution < 1.29 is 23.9 Å². The predicted octanol–water partition coefficient (Wildman–Crippen LogP) is 6.33. The van der Waals surface area contributed by atoms with Crippen LogP contribution in [0.1, 0.15) is 66.4 Å². The topological polar surface area (TPSA) is 148 Å². The van der Waals surface area contributed by atoms with Gasteiger partial charge in [0.1, 0.15) is 42.2 Å². The van der Waals surface area contributed by atoms with Gasteiger partial charge in [0.05, 0.1) is 5.56 Å². The van der Waals surface area contributed by atoms with E-state index in [1.165, 1.54) is 11.6 Å². The number of aromatic nitrogens is 2.